The van der Waals surface area contributed by atoms with Crippen molar-refractivity contribution in [3.05, 3.63) is 228 Å². The van der Waals surface area contributed by atoms with E-state index in [1.807, 2.05) is 47.0 Å². The van der Waals surface area contributed by atoms with Gasteiger partial charge in [0.05, 0.1) is 39.2 Å². The zero-order valence-corrected chi connectivity index (χ0v) is 34.0. The van der Waals surface area contributed by atoms with Crippen LogP contribution in [0.3, 0.4) is 0 Å². The number of rotatable bonds is 5. The number of hydrogen-bond donors (Lipinski definition) is 0. The molecule has 8 aromatic carbocycles. The van der Waals surface area contributed by atoms with E-state index in [4.69, 9.17) is 9.97 Å². The number of aromatic nitrogens is 4. The number of allylic oxidation sites excluding steroid dienone is 2. The molecule has 0 radical (unpaired) electrons. The monoisotopic (exact) mass is 807 g/mol. The van der Waals surface area contributed by atoms with Gasteiger partial charge in [0, 0.05) is 55.7 Å². The van der Waals surface area contributed by atoms with Crippen molar-refractivity contribution in [3.8, 4) is 34.0 Å². The molecule has 63 heavy (non-hydrogen) atoms. The minimum Gasteiger partial charge on any atom is -0.333 e. The summed E-state index contributed by atoms with van der Waals surface area (Å²) in [5, 5.41) is 5.35. The van der Waals surface area contributed by atoms with Crippen molar-refractivity contribution in [3.63, 3.8) is 0 Å². The first-order valence-corrected chi connectivity index (χ1v) is 21.5. The number of fused-ring (bicyclic) bond motifs is 12. The highest BCUT2D eigenvalue weighted by Gasteiger charge is 2.40. The van der Waals surface area contributed by atoms with Crippen LogP contribution >= 0.6 is 0 Å². The second-order valence-corrected chi connectivity index (χ2v) is 16.4. The lowest BCUT2D eigenvalue weighted by molar-refractivity contribution is 0.744. The largest absolute Gasteiger partial charge is 0.333 e. The summed E-state index contributed by atoms with van der Waals surface area (Å²) in [4.78, 5) is 29.4. The third-order valence-electron chi connectivity index (χ3n) is 13.0. The molecule has 2 atom stereocenters. The van der Waals surface area contributed by atoms with Crippen LogP contribution in [0.4, 0.5) is 11.4 Å². The molecule has 1 aliphatic heterocycles. The first-order chi connectivity index (χ1) is 31.2. The quantitative estimate of drug-likeness (QED) is 0.163. The number of benzene rings is 8. The van der Waals surface area contributed by atoms with Crippen LogP contribution in [0.1, 0.15) is 11.5 Å². The molecule has 1 aliphatic carbocycles. The van der Waals surface area contributed by atoms with Gasteiger partial charge in [0.15, 0.2) is 0 Å². The lowest BCUT2D eigenvalue weighted by atomic mass is 9.88. The highest BCUT2D eigenvalue weighted by atomic mass is 16.1. The van der Waals surface area contributed by atoms with Crippen LogP contribution in [-0.2, 0) is 0 Å². The van der Waals surface area contributed by atoms with Crippen LogP contribution in [0.2, 0.25) is 0 Å². The van der Waals surface area contributed by atoms with E-state index >= 15 is 4.79 Å². The van der Waals surface area contributed by atoms with Gasteiger partial charge in [-0.05, 0) is 65.0 Å². The van der Waals surface area contributed by atoms with Crippen molar-refractivity contribution < 1.29 is 0 Å². The molecule has 13 rings (SSSR count). The van der Waals surface area contributed by atoms with Gasteiger partial charge in [-0.25, -0.2) is 14.5 Å². The zero-order valence-electron chi connectivity index (χ0n) is 34.0. The Balaban J connectivity index is 1.18. The summed E-state index contributed by atoms with van der Waals surface area (Å²) in [6.45, 7) is 0. The van der Waals surface area contributed by atoms with Crippen molar-refractivity contribution in [2.45, 2.75) is 12.0 Å². The van der Waals surface area contributed by atoms with Crippen LogP contribution in [0.15, 0.2) is 217 Å². The van der Waals surface area contributed by atoms with Crippen molar-refractivity contribution in [1.82, 2.24) is 19.1 Å². The highest BCUT2D eigenvalue weighted by molar-refractivity contribution is 6.25. The fourth-order valence-corrected chi connectivity index (χ4v) is 10.4. The molecule has 0 N–H and O–H groups in total. The van der Waals surface area contributed by atoms with Crippen LogP contribution in [-0.4, -0.2) is 25.1 Å². The van der Waals surface area contributed by atoms with E-state index in [1.165, 1.54) is 0 Å². The summed E-state index contributed by atoms with van der Waals surface area (Å²) in [6, 6.07) is 65.3. The van der Waals surface area contributed by atoms with Gasteiger partial charge in [0.2, 0.25) is 5.95 Å². The Morgan fingerprint density at radius 1 is 0.460 bits per heavy atom. The second kappa shape index (κ2) is 13.8. The third kappa shape index (κ3) is 5.28. The number of para-hydroxylation sites is 3. The summed E-state index contributed by atoms with van der Waals surface area (Å²) in [5.41, 5.74) is 11.7. The molecule has 2 aliphatic rings. The molecule has 11 aromatic rings. The van der Waals surface area contributed by atoms with Gasteiger partial charge in [-0.3, -0.25) is 4.79 Å². The fourth-order valence-electron chi connectivity index (χ4n) is 10.4. The molecule has 6 nitrogen and oxygen atoms in total. The van der Waals surface area contributed by atoms with E-state index in [9.17, 15) is 0 Å². The third-order valence-corrected chi connectivity index (χ3v) is 13.0. The standard InChI is InChI=1S/C57H37N5O/c63-56-53-41(31-33-49-51(53)44-26-11-14-29-47(44)61(49)40-24-16-21-38(35-40)36-17-4-1-5-18-36)42-32-34-50-52(45-27-12-15-30-48(45)60(50)39-22-8-3-9-23-39)55(42)62(56)57-58-46-28-13-10-25-43(46)54(59-57)37-19-6-2-7-20-37/h1-35,45,48H. The second-order valence-electron chi connectivity index (χ2n) is 16.4. The Kier molecular flexibility index (Phi) is 7.78. The minimum absolute atomic E-state index is 0.0155. The molecule has 0 saturated carbocycles. The summed E-state index contributed by atoms with van der Waals surface area (Å²) in [5.74, 6) is 0.313. The number of nitrogens with zero attached hydrogens (tertiary/aromatic N) is 5. The van der Waals surface area contributed by atoms with E-state index in [1.54, 1.807) is 0 Å². The Morgan fingerprint density at radius 2 is 1.13 bits per heavy atom. The van der Waals surface area contributed by atoms with Crippen LogP contribution in [0, 0.1) is 0 Å². The van der Waals surface area contributed by atoms with E-state index in [2.05, 4.69) is 179 Å². The Bertz CT molecular complexity index is 3770. The van der Waals surface area contributed by atoms with E-state index < -0.39 is 0 Å². The molecule has 0 amide bonds. The normalized spacial score (nSPS) is 15.5. The molecule has 0 fully saturated rings. The summed E-state index contributed by atoms with van der Waals surface area (Å²) in [7, 11) is 0. The summed E-state index contributed by atoms with van der Waals surface area (Å²) in [6.07, 6.45) is 8.82. The average molecular weight is 808 g/mol. The first-order valence-electron chi connectivity index (χ1n) is 21.5. The van der Waals surface area contributed by atoms with Gasteiger partial charge in [-0.1, -0.05) is 164 Å². The van der Waals surface area contributed by atoms with Gasteiger partial charge in [-0.15, -0.1) is 0 Å². The molecular weight excluding hydrogens is 771 g/mol. The smallest absolute Gasteiger partial charge is 0.266 e. The molecule has 4 heterocycles. The lowest BCUT2D eigenvalue weighted by Gasteiger charge is -2.28. The first kappa shape index (κ1) is 35.4. The van der Waals surface area contributed by atoms with Gasteiger partial charge in [-0.2, -0.15) is 0 Å². The number of pyridine rings is 1. The van der Waals surface area contributed by atoms with Crippen molar-refractivity contribution in [1.29, 1.82) is 0 Å². The maximum Gasteiger partial charge on any atom is 0.266 e. The predicted octanol–water partition coefficient (Wildman–Crippen LogP) is 13.2. The number of anilines is 2. The molecular formula is C57H37N5O. The Morgan fingerprint density at radius 3 is 1.95 bits per heavy atom. The molecule has 3 aromatic heterocycles. The van der Waals surface area contributed by atoms with Crippen molar-refractivity contribution in [2.24, 2.45) is 0 Å². The topological polar surface area (TPSA) is 56.0 Å². The average Bonchev–Trinajstić information content (AvgIpc) is 3.88. The van der Waals surface area contributed by atoms with Gasteiger partial charge in [0.25, 0.3) is 5.56 Å². The van der Waals surface area contributed by atoms with E-state index in [-0.39, 0.29) is 17.5 Å². The molecule has 6 heteroatoms. The Labute approximate surface area is 362 Å². The van der Waals surface area contributed by atoms with Crippen molar-refractivity contribution in [2.75, 3.05) is 4.90 Å². The Hall–Kier alpha value is -8.35. The van der Waals surface area contributed by atoms with Gasteiger partial charge < -0.3 is 9.47 Å². The number of hydrogen-bond acceptors (Lipinski definition) is 4. The lowest BCUT2D eigenvalue weighted by Crippen LogP contribution is -2.28. The van der Waals surface area contributed by atoms with E-state index in [0.29, 0.717) is 11.3 Å². The zero-order chi connectivity index (χ0) is 41.6. The van der Waals surface area contributed by atoms with Crippen LogP contribution < -0.4 is 10.5 Å². The van der Waals surface area contributed by atoms with Crippen LogP contribution in [0.25, 0.3) is 88.4 Å². The molecule has 0 spiro atoms. The SMILES string of the molecule is O=c1c2c(ccc3c2c2ccccc2n3-c2cccc(-c3ccccc3)c2)c2ccc3c(c2n1-c1nc(-c2ccccc2)c2ccccc2n1)C1C=CC=CC1N3c1ccccc1. The molecule has 0 bridgehead atoms. The summed E-state index contributed by atoms with van der Waals surface area (Å²) >= 11 is 0. The van der Waals surface area contributed by atoms with Gasteiger partial charge >= 0.3 is 0 Å². The molecule has 296 valence electrons. The van der Waals surface area contributed by atoms with Crippen molar-refractivity contribution >= 4 is 65.8 Å². The maximum absolute atomic E-state index is 16.3. The maximum atomic E-state index is 16.3. The molecule has 0 saturated heterocycles. The van der Waals surface area contributed by atoms with Crippen LogP contribution in [0.5, 0.6) is 0 Å². The minimum atomic E-state index is -0.156. The van der Waals surface area contributed by atoms with E-state index in [0.717, 1.165) is 94.0 Å². The predicted molar refractivity (Wildman–Crippen MR) is 259 cm³/mol. The molecule has 2 unspecified atom stereocenters. The highest BCUT2D eigenvalue weighted by Crippen LogP contribution is 2.51. The fraction of sp³-hybridized carbons (Fsp3) is 0.0351. The van der Waals surface area contributed by atoms with Gasteiger partial charge in [0.1, 0.15) is 0 Å². The summed E-state index contributed by atoms with van der Waals surface area (Å²) < 4.78 is 4.14.